The molecule has 1 aliphatic rings. The van der Waals surface area contributed by atoms with E-state index in [-0.39, 0.29) is 24.5 Å². The van der Waals surface area contributed by atoms with Gasteiger partial charge in [-0.2, -0.15) is 0 Å². The molecule has 10 heteroatoms. The van der Waals surface area contributed by atoms with E-state index in [1.807, 2.05) is 48.5 Å². The zero-order valence-corrected chi connectivity index (χ0v) is 22.6. The highest BCUT2D eigenvalue weighted by Gasteiger charge is 2.33. The Hall–Kier alpha value is -4.83. The summed E-state index contributed by atoms with van der Waals surface area (Å²) in [4.78, 5) is 42.2. The first-order valence-corrected chi connectivity index (χ1v) is 13.4. The Morgan fingerprint density at radius 3 is 2.55 bits per heavy atom. The molecule has 1 unspecified atom stereocenters. The fourth-order valence-electron chi connectivity index (χ4n) is 4.47. The number of nitrogens with zero attached hydrogens (tertiary/aromatic N) is 3. The summed E-state index contributed by atoms with van der Waals surface area (Å²) in [5.74, 6) is 0.0900. The molecule has 0 spiro atoms. The molecule has 40 heavy (non-hydrogen) atoms. The van der Waals surface area contributed by atoms with Gasteiger partial charge in [0, 0.05) is 12.1 Å². The Morgan fingerprint density at radius 2 is 1.85 bits per heavy atom. The maximum atomic E-state index is 13.7. The number of benzene rings is 3. The minimum Gasteiger partial charge on any atom is -0.489 e. The van der Waals surface area contributed by atoms with Gasteiger partial charge in [0.2, 0.25) is 0 Å². The van der Waals surface area contributed by atoms with E-state index in [4.69, 9.17) is 9.47 Å². The molecule has 1 atom stereocenters. The Kier molecular flexibility index (Phi) is 7.70. The monoisotopic (exact) mass is 555 g/mol. The Labute approximate surface area is 233 Å². The highest BCUT2D eigenvalue weighted by Crippen LogP contribution is 2.30. The lowest BCUT2D eigenvalue weighted by molar-refractivity contribution is -0.384. The van der Waals surface area contributed by atoms with Gasteiger partial charge in [0.25, 0.3) is 11.2 Å². The summed E-state index contributed by atoms with van der Waals surface area (Å²) < 4.78 is 13.2. The Balaban J connectivity index is 1.48. The predicted molar refractivity (Wildman–Crippen MR) is 151 cm³/mol. The van der Waals surface area contributed by atoms with Gasteiger partial charge >= 0.3 is 5.97 Å². The van der Waals surface area contributed by atoms with Crippen molar-refractivity contribution in [3.63, 3.8) is 0 Å². The molecule has 4 aromatic rings. The molecule has 3 aromatic carbocycles. The number of carbonyl (C=O) groups excluding carboxylic acids is 1. The van der Waals surface area contributed by atoms with E-state index >= 15 is 0 Å². The third kappa shape index (κ3) is 5.48. The lowest BCUT2D eigenvalue weighted by Crippen LogP contribution is -2.39. The second-order valence-corrected chi connectivity index (χ2v) is 10.0. The second-order valence-electron chi connectivity index (χ2n) is 9.00. The molecule has 0 aliphatic carbocycles. The van der Waals surface area contributed by atoms with Crippen LogP contribution in [-0.4, -0.2) is 22.1 Å². The summed E-state index contributed by atoms with van der Waals surface area (Å²) in [5, 5.41) is 10.9. The molecule has 9 nitrogen and oxygen atoms in total. The summed E-state index contributed by atoms with van der Waals surface area (Å²) in [6.07, 6.45) is 1.77. The fourth-order valence-corrected chi connectivity index (χ4v) is 5.51. The van der Waals surface area contributed by atoms with E-state index in [1.165, 1.54) is 23.5 Å². The summed E-state index contributed by atoms with van der Waals surface area (Å²) in [7, 11) is 0. The van der Waals surface area contributed by atoms with Gasteiger partial charge in [-0.15, -0.1) is 0 Å². The number of aromatic nitrogens is 1. The van der Waals surface area contributed by atoms with Crippen molar-refractivity contribution in [2.24, 2.45) is 4.99 Å². The van der Waals surface area contributed by atoms with Crippen LogP contribution in [0.15, 0.2) is 99.9 Å². The molecule has 1 aliphatic heterocycles. The first-order valence-electron chi connectivity index (χ1n) is 12.6. The van der Waals surface area contributed by atoms with Crippen molar-refractivity contribution in [1.82, 2.24) is 4.57 Å². The second kappa shape index (κ2) is 11.5. The average Bonchev–Trinajstić information content (AvgIpc) is 3.26. The SMILES string of the molecule is CCOC(=O)C1=C(C)N=c2s/c(=C/c3cccc(OCc4ccc([N+](=O)[O-])cc4)c3)c(=O)n2C1c1ccccc1. The predicted octanol–water partition coefficient (Wildman–Crippen LogP) is 4.29. The van der Waals surface area contributed by atoms with Gasteiger partial charge in [0.15, 0.2) is 4.80 Å². The smallest absolute Gasteiger partial charge is 0.338 e. The van der Waals surface area contributed by atoms with Crippen molar-refractivity contribution in [3.05, 3.63) is 137 Å². The average molecular weight is 556 g/mol. The maximum absolute atomic E-state index is 13.7. The maximum Gasteiger partial charge on any atom is 0.338 e. The van der Waals surface area contributed by atoms with Crippen molar-refractivity contribution >= 4 is 29.1 Å². The van der Waals surface area contributed by atoms with Crippen LogP contribution < -0.4 is 19.6 Å². The molecular formula is C30H25N3O6S. The largest absolute Gasteiger partial charge is 0.489 e. The van der Waals surface area contributed by atoms with Crippen LogP contribution in [0.4, 0.5) is 5.69 Å². The molecule has 2 heterocycles. The third-order valence-corrected chi connectivity index (χ3v) is 7.32. The molecule has 0 amide bonds. The number of rotatable bonds is 8. The standard InChI is InChI=1S/C30H25N3O6S/c1-3-38-29(35)26-19(2)31-30-32(27(26)22-9-5-4-6-10-22)28(34)25(40-30)17-21-8-7-11-24(16-21)39-18-20-12-14-23(15-13-20)33(36)37/h4-17,27H,3,18H2,1-2H3/b25-17+. The number of hydrogen-bond acceptors (Lipinski definition) is 8. The molecule has 0 N–H and O–H groups in total. The van der Waals surface area contributed by atoms with Crippen molar-refractivity contribution in [2.75, 3.05) is 6.61 Å². The van der Waals surface area contributed by atoms with E-state index in [9.17, 15) is 19.7 Å². The zero-order valence-electron chi connectivity index (χ0n) is 21.8. The van der Waals surface area contributed by atoms with Crippen LogP contribution in [-0.2, 0) is 16.1 Å². The molecule has 0 saturated carbocycles. The van der Waals surface area contributed by atoms with Gasteiger partial charge in [0.1, 0.15) is 12.4 Å². The summed E-state index contributed by atoms with van der Waals surface area (Å²) in [6, 6.07) is 22.2. The highest BCUT2D eigenvalue weighted by atomic mass is 32.1. The Morgan fingerprint density at radius 1 is 1.10 bits per heavy atom. The van der Waals surface area contributed by atoms with Crippen LogP contribution in [0.1, 0.15) is 36.6 Å². The van der Waals surface area contributed by atoms with Crippen LogP contribution in [0.25, 0.3) is 6.08 Å². The quantitative estimate of drug-likeness (QED) is 0.182. The van der Waals surface area contributed by atoms with E-state index in [1.54, 1.807) is 42.7 Å². The molecule has 1 aromatic heterocycles. The van der Waals surface area contributed by atoms with Crippen molar-refractivity contribution < 1.29 is 19.2 Å². The Bertz CT molecular complexity index is 1790. The molecule has 0 bridgehead atoms. The van der Waals surface area contributed by atoms with E-state index in [2.05, 4.69) is 4.99 Å². The lowest BCUT2D eigenvalue weighted by atomic mass is 9.96. The number of nitro groups is 1. The first-order chi connectivity index (χ1) is 19.4. The first kappa shape index (κ1) is 26.8. The molecule has 0 saturated heterocycles. The van der Waals surface area contributed by atoms with Gasteiger partial charge in [-0.25, -0.2) is 9.79 Å². The molecular weight excluding hydrogens is 530 g/mol. The number of esters is 1. The molecule has 5 rings (SSSR count). The number of non-ortho nitro benzene ring substituents is 1. The van der Waals surface area contributed by atoms with Crippen LogP contribution in [0, 0.1) is 10.1 Å². The van der Waals surface area contributed by atoms with Gasteiger partial charge in [-0.05, 0) is 60.9 Å². The molecule has 0 fully saturated rings. The normalized spacial score (nSPS) is 14.8. The molecule has 202 valence electrons. The van der Waals surface area contributed by atoms with Gasteiger partial charge < -0.3 is 9.47 Å². The summed E-state index contributed by atoms with van der Waals surface area (Å²) in [6.45, 7) is 3.94. The number of thiazole rings is 1. The number of nitro benzene ring substituents is 1. The third-order valence-electron chi connectivity index (χ3n) is 6.34. The minimum atomic E-state index is -0.657. The number of ether oxygens (including phenoxy) is 2. The number of fused-ring (bicyclic) bond motifs is 1. The topological polar surface area (TPSA) is 113 Å². The summed E-state index contributed by atoms with van der Waals surface area (Å²) >= 11 is 1.25. The van der Waals surface area contributed by atoms with Gasteiger partial charge in [-0.3, -0.25) is 19.5 Å². The van der Waals surface area contributed by atoms with Crippen molar-refractivity contribution in [2.45, 2.75) is 26.5 Å². The fraction of sp³-hybridized carbons (Fsp3) is 0.167. The molecule has 0 radical (unpaired) electrons. The number of carbonyl (C=O) groups is 1. The zero-order chi connectivity index (χ0) is 28.2. The van der Waals surface area contributed by atoms with E-state index in [0.717, 1.165) is 16.7 Å². The summed E-state index contributed by atoms with van der Waals surface area (Å²) in [5.41, 5.74) is 2.95. The highest BCUT2D eigenvalue weighted by molar-refractivity contribution is 7.07. The van der Waals surface area contributed by atoms with E-state index in [0.29, 0.717) is 26.4 Å². The van der Waals surface area contributed by atoms with E-state index < -0.39 is 16.9 Å². The van der Waals surface area contributed by atoms with Crippen LogP contribution in [0.5, 0.6) is 5.75 Å². The van der Waals surface area contributed by atoms with Gasteiger partial charge in [0.05, 0.1) is 33.4 Å². The minimum absolute atomic E-state index is 0.0197. The number of hydrogen-bond donors (Lipinski definition) is 0. The van der Waals surface area contributed by atoms with Crippen LogP contribution >= 0.6 is 11.3 Å². The van der Waals surface area contributed by atoms with Crippen molar-refractivity contribution in [1.29, 1.82) is 0 Å². The number of allylic oxidation sites excluding steroid dienone is 1. The van der Waals surface area contributed by atoms with Crippen LogP contribution in [0.3, 0.4) is 0 Å². The van der Waals surface area contributed by atoms with Crippen LogP contribution in [0.2, 0.25) is 0 Å². The van der Waals surface area contributed by atoms with Crippen molar-refractivity contribution in [3.8, 4) is 5.75 Å². The van der Waals surface area contributed by atoms with Gasteiger partial charge in [-0.1, -0.05) is 53.8 Å². The lowest BCUT2D eigenvalue weighted by Gasteiger charge is -2.24.